The molecule has 1 amide bonds. The second kappa shape index (κ2) is 5.83. The summed E-state index contributed by atoms with van der Waals surface area (Å²) >= 11 is 0. The molecule has 0 saturated carbocycles. The van der Waals surface area contributed by atoms with E-state index in [0.717, 1.165) is 18.2 Å². The zero-order valence-corrected chi connectivity index (χ0v) is 13.4. The summed E-state index contributed by atoms with van der Waals surface area (Å²) in [4.78, 5) is 12.1. The summed E-state index contributed by atoms with van der Waals surface area (Å²) in [6.07, 6.45) is 1.82. The molecule has 1 rings (SSSR count). The van der Waals surface area contributed by atoms with Gasteiger partial charge >= 0.3 is 0 Å². The highest BCUT2D eigenvalue weighted by Gasteiger charge is 2.25. The normalized spacial score (nSPS) is 12.1. The smallest absolute Gasteiger partial charge is 0.230 e. The number of rotatable bonds is 5. The van der Waals surface area contributed by atoms with Crippen LogP contribution in [0.1, 0.15) is 32.8 Å². The van der Waals surface area contributed by atoms with E-state index in [-0.39, 0.29) is 5.91 Å². The molecule has 5 nitrogen and oxygen atoms in total. The zero-order valence-electron chi connectivity index (χ0n) is 12.6. The first-order valence-electron chi connectivity index (χ1n) is 6.45. The molecule has 1 aromatic rings. The molecule has 0 aliphatic heterocycles. The fourth-order valence-corrected chi connectivity index (χ4v) is 2.09. The van der Waals surface area contributed by atoms with Crippen molar-refractivity contribution < 1.29 is 13.2 Å². The predicted molar refractivity (Wildman–Crippen MR) is 82.3 cm³/mol. The molecule has 0 radical (unpaired) electrons. The molecule has 1 aromatic carbocycles. The Morgan fingerprint density at radius 1 is 1.30 bits per heavy atom. The van der Waals surface area contributed by atoms with Gasteiger partial charge in [-0.3, -0.25) is 9.52 Å². The van der Waals surface area contributed by atoms with E-state index in [0.29, 0.717) is 11.4 Å². The number of benzene rings is 1. The van der Waals surface area contributed by atoms with Crippen LogP contribution in [0.5, 0.6) is 0 Å². The molecular weight excluding hydrogens is 276 g/mol. The SMILES string of the molecule is CCC(C)(C)C(=O)Nc1ccc(C)c(NS(C)(=O)=O)c1. The summed E-state index contributed by atoms with van der Waals surface area (Å²) in [5.41, 5.74) is 1.38. The predicted octanol–water partition coefficient (Wildman–Crippen LogP) is 2.74. The van der Waals surface area contributed by atoms with Crippen LogP contribution in [0.25, 0.3) is 0 Å². The van der Waals surface area contributed by atoms with Gasteiger partial charge < -0.3 is 5.32 Å². The van der Waals surface area contributed by atoms with E-state index >= 15 is 0 Å². The van der Waals surface area contributed by atoms with Crippen molar-refractivity contribution in [2.45, 2.75) is 34.1 Å². The van der Waals surface area contributed by atoms with Crippen molar-refractivity contribution >= 4 is 27.3 Å². The molecule has 0 saturated heterocycles. The van der Waals surface area contributed by atoms with Crippen LogP contribution in [0.15, 0.2) is 18.2 Å². The lowest BCUT2D eigenvalue weighted by molar-refractivity contribution is -0.124. The Kier molecular flexibility index (Phi) is 4.81. The molecule has 0 aliphatic rings. The number of aryl methyl sites for hydroxylation is 1. The Labute approximate surface area is 120 Å². The lowest BCUT2D eigenvalue weighted by atomic mass is 9.89. The fraction of sp³-hybridized carbons (Fsp3) is 0.500. The second-order valence-electron chi connectivity index (χ2n) is 5.60. The van der Waals surface area contributed by atoms with Crippen LogP contribution in [0.4, 0.5) is 11.4 Å². The van der Waals surface area contributed by atoms with Crippen LogP contribution in [-0.4, -0.2) is 20.6 Å². The van der Waals surface area contributed by atoms with Crippen molar-refractivity contribution in [1.29, 1.82) is 0 Å². The van der Waals surface area contributed by atoms with Gasteiger partial charge in [0.05, 0.1) is 11.9 Å². The molecule has 2 N–H and O–H groups in total. The van der Waals surface area contributed by atoms with Gasteiger partial charge in [-0.1, -0.05) is 26.8 Å². The van der Waals surface area contributed by atoms with Gasteiger partial charge in [0, 0.05) is 11.1 Å². The minimum Gasteiger partial charge on any atom is -0.326 e. The monoisotopic (exact) mass is 298 g/mol. The standard InChI is InChI=1S/C14H22N2O3S/c1-6-14(3,4)13(17)15-11-8-7-10(2)12(9-11)16-20(5,18)19/h7-9,16H,6H2,1-5H3,(H,15,17). The largest absolute Gasteiger partial charge is 0.326 e. The van der Waals surface area contributed by atoms with Gasteiger partial charge in [0.15, 0.2) is 0 Å². The first kappa shape index (κ1) is 16.5. The fourth-order valence-electron chi connectivity index (χ4n) is 1.47. The molecule has 0 spiro atoms. The van der Waals surface area contributed by atoms with Crippen molar-refractivity contribution in [3.05, 3.63) is 23.8 Å². The summed E-state index contributed by atoms with van der Waals surface area (Å²) in [7, 11) is -3.34. The Hall–Kier alpha value is -1.56. The lowest BCUT2D eigenvalue weighted by Gasteiger charge is -2.22. The molecule has 0 aliphatic carbocycles. The molecule has 0 fully saturated rings. The van der Waals surface area contributed by atoms with Gasteiger partial charge in [0.2, 0.25) is 15.9 Å². The number of carbonyl (C=O) groups excluding carboxylic acids is 1. The Bertz CT molecular complexity index is 607. The molecule has 0 unspecified atom stereocenters. The van der Waals surface area contributed by atoms with E-state index in [1.807, 2.05) is 20.8 Å². The quantitative estimate of drug-likeness (QED) is 0.877. The maximum atomic E-state index is 12.1. The van der Waals surface area contributed by atoms with Crippen LogP contribution in [0, 0.1) is 12.3 Å². The van der Waals surface area contributed by atoms with Crippen molar-refractivity contribution in [2.75, 3.05) is 16.3 Å². The summed E-state index contributed by atoms with van der Waals surface area (Å²) < 4.78 is 25.0. The molecule has 20 heavy (non-hydrogen) atoms. The number of hydrogen-bond donors (Lipinski definition) is 2. The third kappa shape index (κ3) is 4.52. The number of sulfonamides is 1. The second-order valence-corrected chi connectivity index (χ2v) is 7.34. The average Bonchev–Trinajstić information content (AvgIpc) is 2.31. The van der Waals surface area contributed by atoms with E-state index in [2.05, 4.69) is 10.0 Å². The molecule has 0 heterocycles. The van der Waals surface area contributed by atoms with Gasteiger partial charge in [-0.05, 0) is 31.0 Å². The summed E-state index contributed by atoms with van der Waals surface area (Å²) in [5.74, 6) is -0.0887. The number of hydrogen-bond acceptors (Lipinski definition) is 3. The average molecular weight is 298 g/mol. The third-order valence-corrected chi connectivity index (χ3v) is 3.88. The highest BCUT2D eigenvalue weighted by Crippen LogP contribution is 2.25. The minimum atomic E-state index is -3.34. The van der Waals surface area contributed by atoms with Gasteiger partial charge in [0.1, 0.15) is 0 Å². The number of anilines is 2. The lowest BCUT2D eigenvalue weighted by Crippen LogP contribution is -2.30. The van der Waals surface area contributed by atoms with Gasteiger partial charge in [-0.15, -0.1) is 0 Å². The van der Waals surface area contributed by atoms with Crippen LogP contribution in [0.3, 0.4) is 0 Å². The van der Waals surface area contributed by atoms with Crippen molar-refractivity contribution in [3.63, 3.8) is 0 Å². The number of nitrogens with one attached hydrogen (secondary N) is 2. The van der Waals surface area contributed by atoms with Crippen LogP contribution in [-0.2, 0) is 14.8 Å². The van der Waals surface area contributed by atoms with Gasteiger partial charge in [-0.25, -0.2) is 8.42 Å². The first-order valence-corrected chi connectivity index (χ1v) is 8.34. The van der Waals surface area contributed by atoms with Crippen molar-refractivity contribution in [2.24, 2.45) is 5.41 Å². The molecule has 0 aromatic heterocycles. The van der Waals surface area contributed by atoms with Crippen LogP contribution in [0.2, 0.25) is 0 Å². The molecule has 0 atom stereocenters. The van der Waals surface area contributed by atoms with E-state index in [1.165, 1.54) is 0 Å². The molecule has 6 heteroatoms. The summed E-state index contributed by atoms with van der Waals surface area (Å²) in [6, 6.07) is 5.15. The van der Waals surface area contributed by atoms with E-state index in [4.69, 9.17) is 0 Å². The molecule has 112 valence electrons. The zero-order chi connectivity index (χ0) is 15.6. The molecule has 0 bridgehead atoms. The van der Waals surface area contributed by atoms with Gasteiger partial charge in [0.25, 0.3) is 0 Å². The highest BCUT2D eigenvalue weighted by molar-refractivity contribution is 7.92. The third-order valence-electron chi connectivity index (χ3n) is 3.29. The van der Waals surface area contributed by atoms with Crippen molar-refractivity contribution in [3.8, 4) is 0 Å². The highest BCUT2D eigenvalue weighted by atomic mass is 32.2. The summed E-state index contributed by atoms with van der Waals surface area (Å²) in [6.45, 7) is 7.48. The Morgan fingerprint density at radius 3 is 2.40 bits per heavy atom. The number of amides is 1. The topological polar surface area (TPSA) is 75.3 Å². The van der Waals surface area contributed by atoms with E-state index < -0.39 is 15.4 Å². The van der Waals surface area contributed by atoms with Crippen LogP contribution < -0.4 is 10.0 Å². The first-order chi connectivity index (χ1) is 9.05. The van der Waals surface area contributed by atoms with Crippen LogP contribution >= 0.6 is 0 Å². The van der Waals surface area contributed by atoms with E-state index in [1.54, 1.807) is 25.1 Å². The minimum absolute atomic E-state index is 0.0887. The van der Waals surface area contributed by atoms with Crippen molar-refractivity contribution in [1.82, 2.24) is 0 Å². The number of carbonyl (C=O) groups is 1. The molecular formula is C14H22N2O3S. The maximum absolute atomic E-state index is 12.1. The maximum Gasteiger partial charge on any atom is 0.230 e. The van der Waals surface area contributed by atoms with E-state index in [9.17, 15) is 13.2 Å². The van der Waals surface area contributed by atoms with Gasteiger partial charge in [-0.2, -0.15) is 0 Å². The Morgan fingerprint density at radius 2 is 1.90 bits per heavy atom. The Balaban J connectivity index is 2.99. The summed E-state index contributed by atoms with van der Waals surface area (Å²) in [5, 5.41) is 2.81.